The van der Waals surface area contributed by atoms with Gasteiger partial charge >= 0.3 is 0 Å². The van der Waals surface area contributed by atoms with Crippen LogP contribution in [0.2, 0.25) is 0 Å². The average molecular weight is 320 g/mol. The molecule has 0 unspecified atom stereocenters. The quantitative estimate of drug-likeness (QED) is 0.549. The maximum atomic E-state index is 2.36. The lowest BCUT2D eigenvalue weighted by molar-refractivity contribution is 1.46. The van der Waals surface area contributed by atoms with Crippen molar-refractivity contribution >= 4 is 55.8 Å². The standard InChI is InChI=1S/C10H9IS2/c1-6-8-5-7(11)3-4-9(8)13-10(6)12-2/h3-5H,1-2H3. The minimum Gasteiger partial charge on any atom is -0.129 e. The van der Waals surface area contributed by atoms with Crippen LogP contribution in [0.3, 0.4) is 0 Å². The molecule has 0 aliphatic heterocycles. The van der Waals surface area contributed by atoms with Gasteiger partial charge in [0.05, 0.1) is 4.21 Å². The van der Waals surface area contributed by atoms with E-state index in [4.69, 9.17) is 0 Å². The Kier molecular flexibility index (Phi) is 2.86. The van der Waals surface area contributed by atoms with Crippen molar-refractivity contribution < 1.29 is 0 Å². The molecule has 0 radical (unpaired) electrons. The van der Waals surface area contributed by atoms with Crippen molar-refractivity contribution in [3.63, 3.8) is 0 Å². The van der Waals surface area contributed by atoms with E-state index in [1.807, 2.05) is 23.1 Å². The third-order valence-electron chi connectivity index (χ3n) is 2.04. The number of aryl methyl sites for hydroxylation is 1. The van der Waals surface area contributed by atoms with E-state index in [1.54, 1.807) is 0 Å². The molecule has 1 aromatic heterocycles. The predicted octanol–water partition coefficient (Wildman–Crippen LogP) is 4.54. The highest BCUT2D eigenvalue weighted by Crippen LogP contribution is 2.36. The van der Waals surface area contributed by atoms with Crippen molar-refractivity contribution in [3.8, 4) is 0 Å². The third kappa shape index (κ3) is 1.74. The molecule has 1 heterocycles. The first kappa shape index (κ1) is 9.80. The summed E-state index contributed by atoms with van der Waals surface area (Å²) in [5.74, 6) is 0. The highest BCUT2D eigenvalue weighted by atomic mass is 127. The van der Waals surface area contributed by atoms with Gasteiger partial charge in [-0.3, -0.25) is 0 Å². The van der Waals surface area contributed by atoms with Gasteiger partial charge in [-0.15, -0.1) is 23.1 Å². The second-order valence-corrected chi connectivity index (χ2v) is 6.23. The highest BCUT2D eigenvalue weighted by molar-refractivity contribution is 14.1. The van der Waals surface area contributed by atoms with E-state index < -0.39 is 0 Å². The number of fused-ring (bicyclic) bond motifs is 1. The minimum absolute atomic E-state index is 1.32. The summed E-state index contributed by atoms with van der Waals surface area (Å²) in [6.07, 6.45) is 2.14. The van der Waals surface area contributed by atoms with Gasteiger partial charge in [0.15, 0.2) is 0 Å². The van der Waals surface area contributed by atoms with E-state index in [9.17, 15) is 0 Å². The van der Waals surface area contributed by atoms with Gasteiger partial charge in [-0.1, -0.05) is 0 Å². The molecule has 13 heavy (non-hydrogen) atoms. The molecule has 0 aliphatic carbocycles. The number of hydrogen-bond acceptors (Lipinski definition) is 2. The molecule has 0 nitrogen and oxygen atoms in total. The van der Waals surface area contributed by atoms with Crippen molar-refractivity contribution in [2.24, 2.45) is 0 Å². The number of benzene rings is 1. The number of halogens is 1. The van der Waals surface area contributed by atoms with E-state index in [1.165, 1.54) is 23.4 Å². The summed E-state index contributed by atoms with van der Waals surface area (Å²) in [6.45, 7) is 2.21. The van der Waals surface area contributed by atoms with Crippen LogP contribution in [-0.4, -0.2) is 6.26 Å². The Morgan fingerprint density at radius 3 is 2.85 bits per heavy atom. The molecular weight excluding hydrogens is 311 g/mol. The Hall–Kier alpha value is 0.260. The third-order valence-corrected chi connectivity index (χ3v) is 5.21. The van der Waals surface area contributed by atoms with Gasteiger partial charge in [-0.25, -0.2) is 0 Å². The van der Waals surface area contributed by atoms with Gasteiger partial charge in [0.2, 0.25) is 0 Å². The van der Waals surface area contributed by atoms with E-state index in [2.05, 4.69) is 54.0 Å². The molecule has 3 heteroatoms. The number of thioether (sulfide) groups is 1. The van der Waals surface area contributed by atoms with Crippen molar-refractivity contribution in [2.45, 2.75) is 11.1 Å². The fourth-order valence-electron chi connectivity index (χ4n) is 1.37. The van der Waals surface area contributed by atoms with Crippen molar-refractivity contribution in [1.82, 2.24) is 0 Å². The maximum absolute atomic E-state index is 2.36. The molecule has 0 fully saturated rings. The van der Waals surface area contributed by atoms with Crippen LogP contribution in [0.1, 0.15) is 5.56 Å². The number of thiophene rings is 1. The van der Waals surface area contributed by atoms with Gasteiger partial charge in [0.1, 0.15) is 0 Å². The Bertz CT molecular complexity index is 445. The average Bonchev–Trinajstić information content (AvgIpc) is 2.44. The zero-order valence-corrected chi connectivity index (χ0v) is 11.2. The molecule has 2 rings (SSSR count). The molecule has 0 atom stereocenters. The molecule has 0 amide bonds. The zero-order chi connectivity index (χ0) is 9.42. The van der Waals surface area contributed by atoms with E-state index in [0.29, 0.717) is 0 Å². The summed E-state index contributed by atoms with van der Waals surface area (Å²) in [5, 5.41) is 1.42. The molecule has 0 saturated heterocycles. The SMILES string of the molecule is CSc1sc2ccc(I)cc2c1C. The van der Waals surface area contributed by atoms with Gasteiger partial charge in [0.25, 0.3) is 0 Å². The van der Waals surface area contributed by atoms with E-state index in [-0.39, 0.29) is 0 Å². The molecule has 0 aliphatic rings. The molecule has 0 N–H and O–H groups in total. The minimum atomic E-state index is 1.32. The lowest BCUT2D eigenvalue weighted by Crippen LogP contribution is -1.72. The monoisotopic (exact) mass is 320 g/mol. The Morgan fingerprint density at radius 1 is 1.38 bits per heavy atom. The Balaban J connectivity index is 2.77. The van der Waals surface area contributed by atoms with Crippen LogP contribution in [0.15, 0.2) is 22.4 Å². The van der Waals surface area contributed by atoms with Crippen molar-refractivity contribution in [1.29, 1.82) is 0 Å². The Labute approximate surface area is 99.9 Å². The summed E-state index contributed by atoms with van der Waals surface area (Å²) >= 11 is 6.10. The molecule has 1 aromatic carbocycles. The number of rotatable bonds is 1. The first-order valence-corrected chi connectivity index (χ1v) is 7.07. The van der Waals surface area contributed by atoms with Crippen molar-refractivity contribution in [3.05, 3.63) is 27.3 Å². The largest absolute Gasteiger partial charge is 0.129 e. The highest BCUT2D eigenvalue weighted by Gasteiger charge is 2.06. The Morgan fingerprint density at radius 2 is 2.15 bits per heavy atom. The van der Waals surface area contributed by atoms with Gasteiger partial charge in [-0.05, 0) is 64.9 Å². The fraction of sp³-hybridized carbons (Fsp3) is 0.200. The first-order valence-electron chi connectivity index (χ1n) is 3.95. The molecule has 2 aromatic rings. The van der Waals surface area contributed by atoms with Crippen LogP contribution in [0, 0.1) is 10.5 Å². The van der Waals surface area contributed by atoms with Crippen molar-refractivity contribution in [2.75, 3.05) is 6.26 Å². The fourth-order valence-corrected chi connectivity index (χ4v) is 3.80. The van der Waals surface area contributed by atoms with E-state index in [0.717, 1.165) is 0 Å². The van der Waals surface area contributed by atoms with Gasteiger partial charge < -0.3 is 0 Å². The predicted molar refractivity (Wildman–Crippen MR) is 71.1 cm³/mol. The number of hydrogen-bond donors (Lipinski definition) is 0. The normalized spacial score (nSPS) is 11.0. The summed E-state index contributed by atoms with van der Waals surface area (Å²) in [7, 11) is 0. The first-order chi connectivity index (χ1) is 6.22. The molecule has 0 saturated carbocycles. The van der Waals surface area contributed by atoms with E-state index >= 15 is 0 Å². The van der Waals surface area contributed by atoms with Crippen LogP contribution < -0.4 is 0 Å². The molecular formula is C10H9IS2. The van der Waals surface area contributed by atoms with Crippen LogP contribution >= 0.6 is 45.7 Å². The summed E-state index contributed by atoms with van der Waals surface area (Å²) in [4.78, 5) is 0. The molecule has 0 bridgehead atoms. The smallest absolute Gasteiger partial charge is 0.0637 e. The molecule has 0 spiro atoms. The summed E-state index contributed by atoms with van der Waals surface area (Å²) in [6, 6.07) is 6.65. The molecule has 68 valence electrons. The second-order valence-electron chi connectivity index (χ2n) is 2.86. The second kappa shape index (κ2) is 3.79. The lowest BCUT2D eigenvalue weighted by atomic mass is 10.2. The van der Waals surface area contributed by atoms with Crippen LogP contribution in [0.4, 0.5) is 0 Å². The van der Waals surface area contributed by atoms with Crippen LogP contribution in [0.5, 0.6) is 0 Å². The summed E-state index contributed by atoms with van der Waals surface area (Å²) in [5.41, 5.74) is 1.44. The zero-order valence-electron chi connectivity index (χ0n) is 7.43. The van der Waals surface area contributed by atoms with Crippen LogP contribution in [0.25, 0.3) is 10.1 Å². The van der Waals surface area contributed by atoms with Gasteiger partial charge in [0, 0.05) is 8.27 Å². The van der Waals surface area contributed by atoms with Crippen LogP contribution in [-0.2, 0) is 0 Å². The topological polar surface area (TPSA) is 0 Å². The lowest BCUT2D eigenvalue weighted by Gasteiger charge is -1.93. The van der Waals surface area contributed by atoms with Gasteiger partial charge in [-0.2, -0.15) is 0 Å². The summed E-state index contributed by atoms with van der Waals surface area (Å²) < 4.78 is 4.16. The maximum Gasteiger partial charge on any atom is 0.0637 e.